The molecule has 0 spiro atoms. The van der Waals surface area contributed by atoms with Crippen molar-refractivity contribution in [3.05, 3.63) is 29.3 Å². The van der Waals surface area contributed by atoms with Crippen molar-refractivity contribution in [2.75, 3.05) is 6.61 Å². The molecule has 2 rings (SSSR count). The van der Waals surface area contributed by atoms with Gasteiger partial charge in [0.15, 0.2) is 0 Å². The summed E-state index contributed by atoms with van der Waals surface area (Å²) in [6.07, 6.45) is 2.23. The second kappa shape index (κ2) is 5.09. The predicted molar refractivity (Wildman–Crippen MR) is 71.7 cm³/mol. The van der Waals surface area contributed by atoms with Crippen LogP contribution in [-0.4, -0.2) is 12.6 Å². The largest absolute Gasteiger partial charge is 0.493 e. The molecule has 0 aliphatic carbocycles. The van der Waals surface area contributed by atoms with E-state index in [4.69, 9.17) is 10.5 Å². The van der Waals surface area contributed by atoms with Crippen molar-refractivity contribution < 1.29 is 4.74 Å². The molecule has 0 bridgehead atoms. The molecule has 0 amide bonds. The van der Waals surface area contributed by atoms with Gasteiger partial charge in [-0.3, -0.25) is 0 Å². The second-order valence-corrected chi connectivity index (χ2v) is 5.38. The Labute approximate surface area is 104 Å². The fraction of sp³-hybridized carbons (Fsp3) is 0.600. The molecule has 1 aromatic rings. The monoisotopic (exact) mass is 233 g/mol. The normalized spacial score (nSPS) is 21.6. The third-order valence-corrected chi connectivity index (χ3v) is 3.64. The van der Waals surface area contributed by atoms with Crippen molar-refractivity contribution in [3.63, 3.8) is 0 Å². The maximum absolute atomic E-state index is 6.12. The molecular weight excluding hydrogens is 210 g/mol. The summed E-state index contributed by atoms with van der Waals surface area (Å²) < 4.78 is 5.97. The molecule has 2 nitrogen and oxygen atoms in total. The highest BCUT2D eigenvalue weighted by molar-refractivity contribution is 5.46. The van der Waals surface area contributed by atoms with E-state index in [0.29, 0.717) is 11.8 Å². The third-order valence-electron chi connectivity index (χ3n) is 3.64. The Balaban J connectivity index is 2.48. The van der Waals surface area contributed by atoms with Crippen LogP contribution in [-0.2, 0) is 0 Å². The molecule has 94 valence electrons. The van der Waals surface area contributed by atoms with Crippen molar-refractivity contribution in [3.8, 4) is 5.75 Å². The molecule has 0 radical (unpaired) electrons. The highest BCUT2D eigenvalue weighted by Gasteiger charge is 2.25. The minimum absolute atomic E-state index is 0.192. The van der Waals surface area contributed by atoms with Crippen LogP contribution >= 0.6 is 0 Å². The quantitative estimate of drug-likeness (QED) is 0.849. The zero-order chi connectivity index (χ0) is 12.4. The lowest BCUT2D eigenvalue weighted by atomic mass is 9.86. The van der Waals surface area contributed by atoms with Gasteiger partial charge < -0.3 is 10.5 Å². The van der Waals surface area contributed by atoms with E-state index in [1.54, 1.807) is 0 Å². The van der Waals surface area contributed by atoms with Gasteiger partial charge >= 0.3 is 0 Å². The number of ether oxygens (including phenoxy) is 1. The minimum Gasteiger partial charge on any atom is -0.493 e. The summed E-state index contributed by atoms with van der Waals surface area (Å²) >= 11 is 0. The van der Waals surface area contributed by atoms with Crippen LogP contribution in [0.15, 0.2) is 18.2 Å². The van der Waals surface area contributed by atoms with E-state index >= 15 is 0 Å². The van der Waals surface area contributed by atoms with Crippen LogP contribution in [0.4, 0.5) is 0 Å². The van der Waals surface area contributed by atoms with Crippen LogP contribution in [0.2, 0.25) is 0 Å². The molecule has 2 atom stereocenters. The fourth-order valence-corrected chi connectivity index (χ4v) is 2.67. The van der Waals surface area contributed by atoms with E-state index in [9.17, 15) is 0 Å². The first-order chi connectivity index (χ1) is 8.11. The third kappa shape index (κ3) is 2.47. The SMILES string of the molecule is CC(C)c1cccc2c1OCCCC2C(C)N. The minimum atomic E-state index is 0.192. The number of fused-ring (bicyclic) bond motifs is 1. The number of para-hydroxylation sites is 1. The summed E-state index contributed by atoms with van der Waals surface area (Å²) in [6, 6.07) is 6.68. The molecule has 1 aromatic carbocycles. The van der Waals surface area contributed by atoms with Crippen LogP contribution in [0.5, 0.6) is 5.75 Å². The van der Waals surface area contributed by atoms with E-state index in [0.717, 1.165) is 25.2 Å². The Hall–Kier alpha value is -1.02. The van der Waals surface area contributed by atoms with Crippen molar-refractivity contribution in [1.82, 2.24) is 0 Å². The van der Waals surface area contributed by atoms with Crippen LogP contribution in [0.3, 0.4) is 0 Å². The fourth-order valence-electron chi connectivity index (χ4n) is 2.67. The van der Waals surface area contributed by atoms with Gasteiger partial charge in [0.25, 0.3) is 0 Å². The van der Waals surface area contributed by atoms with Gasteiger partial charge in [-0.25, -0.2) is 0 Å². The van der Waals surface area contributed by atoms with Crippen molar-refractivity contribution in [1.29, 1.82) is 0 Å². The topological polar surface area (TPSA) is 35.2 Å². The zero-order valence-corrected chi connectivity index (χ0v) is 11.1. The van der Waals surface area contributed by atoms with E-state index in [1.807, 2.05) is 0 Å². The van der Waals surface area contributed by atoms with Crippen LogP contribution in [0, 0.1) is 0 Å². The Bertz CT molecular complexity index is 385. The number of hydrogen-bond donors (Lipinski definition) is 1. The average molecular weight is 233 g/mol. The lowest BCUT2D eigenvalue weighted by molar-refractivity contribution is 0.311. The number of rotatable bonds is 2. The molecule has 0 aromatic heterocycles. The molecule has 0 saturated heterocycles. The molecule has 17 heavy (non-hydrogen) atoms. The molecule has 1 aliphatic heterocycles. The van der Waals surface area contributed by atoms with E-state index in [-0.39, 0.29) is 6.04 Å². The van der Waals surface area contributed by atoms with Gasteiger partial charge in [-0.1, -0.05) is 32.0 Å². The molecule has 2 heteroatoms. The standard InChI is InChI=1S/C15H23NO/c1-10(2)12-6-4-7-14-13(11(3)16)8-5-9-17-15(12)14/h4,6-7,10-11,13H,5,8-9,16H2,1-3H3. The molecule has 2 N–H and O–H groups in total. The van der Waals surface area contributed by atoms with Crippen LogP contribution in [0.25, 0.3) is 0 Å². The molecule has 2 unspecified atom stereocenters. The maximum atomic E-state index is 6.12. The molecule has 0 saturated carbocycles. The molecule has 1 aliphatic rings. The van der Waals surface area contributed by atoms with Gasteiger partial charge in [0.1, 0.15) is 5.75 Å². The van der Waals surface area contributed by atoms with Gasteiger partial charge in [0, 0.05) is 12.0 Å². The average Bonchev–Trinajstić information content (AvgIpc) is 2.49. The highest BCUT2D eigenvalue weighted by Crippen LogP contribution is 2.39. The summed E-state index contributed by atoms with van der Waals surface area (Å²) in [6.45, 7) is 7.34. The smallest absolute Gasteiger partial charge is 0.126 e. The first-order valence-electron chi connectivity index (χ1n) is 6.62. The lowest BCUT2D eigenvalue weighted by Crippen LogP contribution is -2.24. The Morgan fingerprint density at radius 1 is 1.29 bits per heavy atom. The maximum Gasteiger partial charge on any atom is 0.126 e. The lowest BCUT2D eigenvalue weighted by Gasteiger charge is -2.22. The zero-order valence-electron chi connectivity index (χ0n) is 11.1. The summed E-state index contributed by atoms with van der Waals surface area (Å²) in [4.78, 5) is 0. The molecular formula is C15H23NO. The predicted octanol–water partition coefficient (Wildman–Crippen LogP) is 3.41. The van der Waals surface area contributed by atoms with E-state index in [1.165, 1.54) is 11.1 Å². The van der Waals surface area contributed by atoms with Gasteiger partial charge in [0.05, 0.1) is 6.61 Å². The van der Waals surface area contributed by atoms with Gasteiger partial charge in [0.2, 0.25) is 0 Å². The molecule has 1 heterocycles. The van der Waals surface area contributed by atoms with E-state index in [2.05, 4.69) is 39.0 Å². The van der Waals surface area contributed by atoms with Gasteiger partial charge in [-0.2, -0.15) is 0 Å². The highest BCUT2D eigenvalue weighted by atomic mass is 16.5. The number of nitrogens with two attached hydrogens (primary N) is 1. The summed E-state index contributed by atoms with van der Waals surface area (Å²) in [5, 5.41) is 0. The number of benzene rings is 1. The summed E-state index contributed by atoms with van der Waals surface area (Å²) in [7, 11) is 0. The van der Waals surface area contributed by atoms with Crippen molar-refractivity contribution in [2.45, 2.75) is 51.5 Å². The first kappa shape index (κ1) is 12.4. The summed E-state index contributed by atoms with van der Waals surface area (Å²) in [5.74, 6) is 2.03. The van der Waals surface area contributed by atoms with Crippen LogP contribution < -0.4 is 10.5 Å². The Kier molecular flexibility index (Phi) is 3.72. The second-order valence-electron chi connectivity index (χ2n) is 5.38. The van der Waals surface area contributed by atoms with Crippen LogP contribution in [0.1, 0.15) is 56.6 Å². The van der Waals surface area contributed by atoms with Crippen molar-refractivity contribution in [2.24, 2.45) is 5.73 Å². The van der Waals surface area contributed by atoms with Gasteiger partial charge in [-0.15, -0.1) is 0 Å². The summed E-state index contributed by atoms with van der Waals surface area (Å²) in [5.41, 5.74) is 8.75. The van der Waals surface area contributed by atoms with Crippen molar-refractivity contribution >= 4 is 0 Å². The van der Waals surface area contributed by atoms with Gasteiger partial charge in [-0.05, 0) is 36.8 Å². The Morgan fingerprint density at radius 3 is 2.71 bits per heavy atom. The first-order valence-corrected chi connectivity index (χ1v) is 6.62. The Morgan fingerprint density at radius 2 is 2.06 bits per heavy atom. The number of hydrogen-bond acceptors (Lipinski definition) is 2. The van der Waals surface area contributed by atoms with E-state index < -0.39 is 0 Å². The molecule has 0 fully saturated rings.